The van der Waals surface area contributed by atoms with Crippen molar-refractivity contribution in [2.24, 2.45) is 5.92 Å². The molecule has 1 N–H and O–H groups in total. The van der Waals surface area contributed by atoms with E-state index in [1.165, 1.54) is 4.31 Å². The Kier molecular flexibility index (Phi) is 4.97. The second-order valence-corrected chi connectivity index (χ2v) is 7.78. The van der Waals surface area contributed by atoms with Crippen molar-refractivity contribution in [2.45, 2.75) is 17.7 Å². The minimum Gasteiger partial charge on any atom is -0.326 e. The van der Waals surface area contributed by atoms with Gasteiger partial charge < -0.3 is 5.32 Å². The predicted molar refractivity (Wildman–Crippen MR) is 93.0 cm³/mol. The topological polar surface area (TPSA) is 66.5 Å². The summed E-state index contributed by atoms with van der Waals surface area (Å²) in [6.45, 7) is 0.730. The Morgan fingerprint density at radius 3 is 2.04 bits per heavy atom. The number of benzene rings is 2. The largest absolute Gasteiger partial charge is 0.326 e. The first-order chi connectivity index (χ1) is 11.6. The maximum Gasteiger partial charge on any atom is 0.243 e. The molecule has 0 aliphatic carbocycles. The van der Waals surface area contributed by atoms with Crippen molar-refractivity contribution in [1.29, 1.82) is 0 Å². The Morgan fingerprint density at radius 2 is 1.46 bits per heavy atom. The van der Waals surface area contributed by atoms with Crippen molar-refractivity contribution < 1.29 is 13.2 Å². The number of carbonyl (C=O) groups is 1. The molecule has 1 fully saturated rings. The Morgan fingerprint density at radius 1 is 0.917 bits per heavy atom. The molecule has 0 saturated carbocycles. The summed E-state index contributed by atoms with van der Waals surface area (Å²) in [4.78, 5) is 12.6. The standard InChI is InChI=1S/C18H20N2O3S/c21-18(19-16-7-3-1-4-8-16)15-11-13-20(14-12-15)24(22,23)17-9-5-2-6-10-17/h1-10,15H,11-14H2,(H,19,21). The van der Waals surface area contributed by atoms with Crippen molar-refractivity contribution in [3.05, 3.63) is 60.7 Å². The highest BCUT2D eigenvalue weighted by Crippen LogP contribution is 2.24. The second kappa shape index (κ2) is 7.15. The average molecular weight is 344 g/mol. The number of amides is 1. The molecular formula is C18H20N2O3S. The number of rotatable bonds is 4. The number of hydrogen-bond acceptors (Lipinski definition) is 3. The van der Waals surface area contributed by atoms with Gasteiger partial charge in [-0.3, -0.25) is 4.79 Å². The highest BCUT2D eigenvalue weighted by Gasteiger charge is 2.31. The normalized spacial score (nSPS) is 16.7. The maximum absolute atomic E-state index is 12.6. The average Bonchev–Trinajstić information content (AvgIpc) is 2.63. The molecule has 6 heteroatoms. The number of piperidine rings is 1. The summed E-state index contributed by atoms with van der Waals surface area (Å²) in [6, 6.07) is 17.7. The molecule has 0 aromatic heterocycles. The van der Waals surface area contributed by atoms with Gasteiger partial charge in [0.1, 0.15) is 0 Å². The van der Waals surface area contributed by atoms with Crippen LogP contribution in [0.5, 0.6) is 0 Å². The summed E-state index contributed by atoms with van der Waals surface area (Å²) in [5, 5.41) is 2.89. The summed E-state index contributed by atoms with van der Waals surface area (Å²) in [6.07, 6.45) is 1.06. The fraction of sp³-hybridized carbons (Fsp3) is 0.278. The van der Waals surface area contributed by atoms with Gasteiger partial charge in [-0.05, 0) is 37.1 Å². The maximum atomic E-state index is 12.6. The molecule has 0 bridgehead atoms. The predicted octanol–water partition coefficient (Wildman–Crippen LogP) is 2.73. The number of nitrogens with one attached hydrogen (secondary N) is 1. The molecular weight excluding hydrogens is 324 g/mol. The van der Waals surface area contributed by atoms with Gasteiger partial charge >= 0.3 is 0 Å². The first-order valence-electron chi connectivity index (χ1n) is 7.98. The lowest BCUT2D eigenvalue weighted by molar-refractivity contribution is -0.120. The minimum atomic E-state index is -3.47. The quantitative estimate of drug-likeness (QED) is 0.927. The van der Waals surface area contributed by atoms with Crippen LogP contribution in [0.15, 0.2) is 65.6 Å². The van der Waals surface area contributed by atoms with Crippen LogP contribution in [0.1, 0.15) is 12.8 Å². The van der Waals surface area contributed by atoms with E-state index in [4.69, 9.17) is 0 Å². The molecule has 3 rings (SSSR count). The Labute approximate surface area is 142 Å². The number of carbonyl (C=O) groups excluding carboxylic acids is 1. The Bertz CT molecular complexity index is 784. The van der Waals surface area contributed by atoms with Crippen LogP contribution in [0.2, 0.25) is 0 Å². The monoisotopic (exact) mass is 344 g/mol. The lowest BCUT2D eigenvalue weighted by Crippen LogP contribution is -2.41. The van der Waals surface area contributed by atoms with Crippen LogP contribution in [0.4, 0.5) is 5.69 Å². The molecule has 0 radical (unpaired) electrons. The number of nitrogens with zero attached hydrogens (tertiary/aromatic N) is 1. The molecule has 1 amide bonds. The van der Waals surface area contributed by atoms with Crippen molar-refractivity contribution >= 4 is 21.6 Å². The Balaban J connectivity index is 1.61. The molecule has 5 nitrogen and oxygen atoms in total. The molecule has 0 unspecified atom stereocenters. The summed E-state index contributed by atoms with van der Waals surface area (Å²) in [7, 11) is -3.47. The van der Waals surface area contributed by atoms with E-state index in [1.807, 2.05) is 30.3 Å². The van der Waals surface area contributed by atoms with Gasteiger partial charge in [-0.1, -0.05) is 36.4 Å². The van der Waals surface area contributed by atoms with Crippen LogP contribution in [-0.2, 0) is 14.8 Å². The zero-order valence-corrected chi connectivity index (χ0v) is 14.1. The van der Waals surface area contributed by atoms with Crippen LogP contribution in [0.25, 0.3) is 0 Å². The van der Waals surface area contributed by atoms with Crippen LogP contribution >= 0.6 is 0 Å². The van der Waals surface area contributed by atoms with Gasteiger partial charge in [0.15, 0.2) is 0 Å². The number of para-hydroxylation sites is 1. The highest BCUT2D eigenvalue weighted by atomic mass is 32.2. The number of hydrogen-bond donors (Lipinski definition) is 1. The highest BCUT2D eigenvalue weighted by molar-refractivity contribution is 7.89. The fourth-order valence-corrected chi connectivity index (χ4v) is 4.36. The molecule has 1 heterocycles. The van der Waals surface area contributed by atoms with E-state index >= 15 is 0 Å². The fourth-order valence-electron chi connectivity index (χ4n) is 2.87. The molecule has 1 aliphatic rings. The van der Waals surface area contributed by atoms with Gasteiger partial charge in [-0.15, -0.1) is 0 Å². The lowest BCUT2D eigenvalue weighted by atomic mass is 9.97. The molecule has 2 aromatic rings. The van der Waals surface area contributed by atoms with Gasteiger partial charge in [-0.2, -0.15) is 4.31 Å². The van der Waals surface area contributed by atoms with Gasteiger partial charge in [0.05, 0.1) is 4.90 Å². The Hall–Kier alpha value is -2.18. The third-order valence-corrected chi connectivity index (χ3v) is 6.16. The van der Waals surface area contributed by atoms with Gasteiger partial charge in [0, 0.05) is 24.7 Å². The number of sulfonamides is 1. The van der Waals surface area contributed by atoms with Crippen molar-refractivity contribution in [3.8, 4) is 0 Å². The lowest BCUT2D eigenvalue weighted by Gasteiger charge is -2.30. The van der Waals surface area contributed by atoms with Crippen LogP contribution in [0, 0.1) is 5.92 Å². The zero-order valence-electron chi connectivity index (χ0n) is 13.3. The third-order valence-electron chi connectivity index (χ3n) is 4.25. The van der Waals surface area contributed by atoms with Crippen LogP contribution < -0.4 is 5.32 Å². The molecule has 1 saturated heterocycles. The molecule has 1 aliphatic heterocycles. The first kappa shape index (κ1) is 16.7. The molecule has 24 heavy (non-hydrogen) atoms. The molecule has 0 atom stereocenters. The molecule has 0 spiro atoms. The van der Waals surface area contributed by atoms with E-state index in [0.29, 0.717) is 30.8 Å². The summed E-state index contributed by atoms with van der Waals surface area (Å²) in [5.74, 6) is -0.203. The zero-order chi connectivity index (χ0) is 17.0. The smallest absolute Gasteiger partial charge is 0.243 e. The van der Waals surface area contributed by atoms with E-state index in [9.17, 15) is 13.2 Å². The summed E-state index contributed by atoms with van der Waals surface area (Å²) >= 11 is 0. The van der Waals surface area contributed by atoms with Crippen LogP contribution in [-0.4, -0.2) is 31.7 Å². The van der Waals surface area contributed by atoms with Crippen molar-refractivity contribution in [1.82, 2.24) is 4.31 Å². The number of anilines is 1. The molecule has 126 valence electrons. The van der Waals surface area contributed by atoms with Crippen molar-refractivity contribution in [2.75, 3.05) is 18.4 Å². The van der Waals surface area contributed by atoms with E-state index in [-0.39, 0.29) is 11.8 Å². The van der Waals surface area contributed by atoms with Gasteiger partial charge in [0.2, 0.25) is 15.9 Å². The van der Waals surface area contributed by atoms with E-state index in [2.05, 4.69) is 5.32 Å². The molecule has 2 aromatic carbocycles. The van der Waals surface area contributed by atoms with Crippen molar-refractivity contribution in [3.63, 3.8) is 0 Å². The third kappa shape index (κ3) is 3.66. The summed E-state index contributed by atoms with van der Waals surface area (Å²) in [5.41, 5.74) is 0.766. The van der Waals surface area contributed by atoms with Gasteiger partial charge in [-0.25, -0.2) is 8.42 Å². The van der Waals surface area contributed by atoms with E-state index < -0.39 is 10.0 Å². The second-order valence-electron chi connectivity index (χ2n) is 5.85. The minimum absolute atomic E-state index is 0.0436. The van der Waals surface area contributed by atoms with E-state index in [0.717, 1.165) is 5.69 Å². The van der Waals surface area contributed by atoms with Gasteiger partial charge in [0.25, 0.3) is 0 Å². The van der Waals surface area contributed by atoms with Crippen LogP contribution in [0.3, 0.4) is 0 Å². The SMILES string of the molecule is O=C(Nc1ccccc1)C1CCN(S(=O)(=O)c2ccccc2)CC1. The summed E-state index contributed by atoms with van der Waals surface area (Å²) < 4.78 is 26.6. The first-order valence-corrected chi connectivity index (χ1v) is 9.42. The van der Waals surface area contributed by atoms with E-state index in [1.54, 1.807) is 30.3 Å².